The number of amides is 1. The van der Waals surface area contributed by atoms with Crippen molar-refractivity contribution in [2.75, 3.05) is 6.61 Å². The lowest BCUT2D eigenvalue weighted by Crippen LogP contribution is -3.00. The summed E-state index contributed by atoms with van der Waals surface area (Å²) in [4.78, 5) is 25.8. The molecule has 0 bridgehead atoms. The van der Waals surface area contributed by atoms with Crippen molar-refractivity contribution in [2.24, 2.45) is 0 Å². The first-order valence-corrected chi connectivity index (χ1v) is 15.9. The Bertz CT molecular complexity index is 1130. The van der Waals surface area contributed by atoms with E-state index in [1.807, 2.05) is 54.9 Å². The molecule has 6 heteroatoms. The maximum absolute atomic E-state index is 13.4. The number of aromatic nitrogens is 1. The first-order chi connectivity index (χ1) is 20.0. The summed E-state index contributed by atoms with van der Waals surface area (Å²) in [5, 5.41) is 3.28. The molecule has 0 aliphatic heterocycles. The zero-order valence-corrected chi connectivity index (χ0v) is 27.4. The maximum Gasteiger partial charge on any atom is 0.225 e. The monoisotopic (exact) mass is 638 g/mol. The van der Waals surface area contributed by atoms with Gasteiger partial charge in [-0.3, -0.25) is 9.59 Å². The number of unbranched alkanes of at least 4 members (excludes halogenated alkanes) is 11. The van der Waals surface area contributed by atoms with Crippen LogP contribution >= 0.6 is 0 Å². The van der Waals surface area contributed by atoms with Crippen LogP contribution in [0.2, 0.25) is 0 Å². The molecule has 1 aromatic heterocycles. The van der Waals surface area contributed by atoms with Crippen molar-refractivity contribution in [1.29, 1.82) is 0 Å². The van der Waals surface area contributed by atoms with Crippen molar-refractivity contribution in [2.45, 2.75) is 116 Å². The number of allylic oxidation sites excluding steroid dienone is 2. The number of nitrogens with one attached hydrogen (secondary N) is 1. The lowest BCUT2D eigenvalue weighted by atomic mass is 9.90. The molecule has 1 aromatic carbocycles. The maximum atomic E-state index is 13.4. The van der Waals surface area contributed by atoms with Crippen LogP contribution in [0.4, 0.5) is 0 Å². The molecule has 1 atom stereocenters. The topological polar surface area (TPSA) is 59.3 Å². The van der Waals surface area contributed by atoms with Crippen LogP contribution in [-0.4, -0.2) is 23.8 Å². The van der Waals surface area contributed by atoms with Crippen molar-refractivity contribution < 1.29 is 35.9 Å². The van der Waals surface area contributed by atoms with E-state index in [1.165, 1.54) is 64.2 Å². The predicted molar refractivity (Wildman–Crippen MR) is 167 cm³/mol. The summed E-state index contributed by atoms with van der Waals surface area (Å²) in [6.07, 6.45) is 28.5. The molecule has 3 rings (SSSR count). The summed E-state index contributed by atoms with van der Waals surface area (Å²) in [5.74, 6) is 0.426. The minimum Gasteiger partial charge on any atom is -1.00 e. The minimum atomic E-state index is -0.508. The number of para-hydroxylation sites is 1. The second-order valence-corrected chi connectivity index (χ2v) is 11.5. The Morgan fingerprint density at radius 1 is 0.857 bits per heavy atom. The Kier molecular flexibility index (Phi) is 17.1. The van der Waals surface area contributed by atoms with E-state index < -0.39 is 5.54 Å². The summed E-state index contributed by atoms with van der Waals surface area (Å²) < 4.78 is 8.29. The van der Waals surface area contributed by atoms with Crippen LogP contribution in [0.3, 0.4) is 0 Å². The number of halogens is 1. The zero-order valence-electron chi connectivity index (χ0n) is 25.8. The van der Waals surface area contributed by atoms with Crippen LogP contribution in [-0.2, 0) is 17.8 Å². The third kappa shape index (κ3) is 12.6. The van der Waals surface area contributed by atoms with E-state index >= 15 is 0 Å². The van der Waals surface area contributed by atoms with Crippen LogP contribution in [0.5, 0.6) is 5.75 Å². The highest BCUT2D eigenvalue weighted by Crippen LogP contribution is 2.27. The molecule has 2 aromatic rings. The number of hydrogen-bond acceptors (Lipinski definition) is 3. The number of pyridine rings is 1. The molecule has 0 saturated carbocycles. The summed E-state index contributed by atoms with van der Waals surface area (Å²) in [7, 11) is 0. The smallest absolute Gasteiger partial charge is 0.225 e. The molecule has 5 nitrogen and oxygen atoms in total. The van der Waals surface area contributed by atoms with Gasteiger partial charge in [-0.2, -0.15) is 0 Å². The van der Waals surface area contributed by atoms with Gasteiger partial charge < -0.3 is 27.0 Å². The summed E-state index contributed by atoms with van der Waals surface area (Å²) in [6, 6.07) is 11.5. The molecular formula is C36H51BrN2O3. The molecule has 1 heterocycles. The number of Topliss-reactive ketones (excluding diaryl/α,β-unsaturated/α-hetero) is 1. The first kappa shape index (κ1) is 35.5. The number of ether oxygens (including phenoxy) is 1. The van der Waals surface area contributed by atoms with Gasteiger partial charge in [0.2, 0.25) is 5.91 Å². The highest BCUT2D eigenvalue weighted by Gasteiger charge is 2.33. The van der Waals surface area contributed by atoms with Crippen LogP contribution in [0.25, 0.3) is 0 Å². The predicted octanol–water partition coefficient (Wildman–Crippen LogP) is 4.87. The second kappa shape index (κ2) is 20.2. The van der Waals surface area contributed by atoms with Gasteiger partial charge >= 0.3 is 0 Å². The van der Waals surface area contributed by atoms with Crippen LogP contribution in [0.15, 0.2) is 73.1 Å². The summed E-state index contributed by atoms with van der Waals surface area (Å²) >= 11 is 0. The molecule has 0 spiro atoms. The molecule has 0 fully saturated rings. The highest BCUT2D eigenvalue weighted by molar-refractivity contribution is 5.97. The van der Waals surface area contributed by atoms with Crippen molar-refractivity contribution in [1.82, 2.24) is 5.32 Å². The zero-order chi connectivity index (χ0) is 29.2. The number of carbonyl (C=O) groups excluding carboxylic acids is 2. The highest BCUT2D eigenvalue weighted by atomic mass is 79.9. The Balaban J connectivity index is 0.00000616. The van der Waals surface area contributed by atoms with Crippen LogP contribution < -0.4 is 31.6 Å². The Labute approximate surface area is 264 Å². The summed E-state index contributed by atoms with van der Waals surface area (Å²) in [5.41, 5.74) is 0.794. The van der Waals surface area contributed by atoms with E-state index in [0.29, 0.717) is 30.9 Å². The quantitative estimate of drug-likeness (QED) is 0.128. The third-order valence-electron chi connectivity index (χ3n) is 7.85. The average molecular weight is 640 g/mol. The molecule has 1 amide bonds. The molecule has 0 radical (unpaired) electrons. The molecule has 1 aliphatic carbocycles. The van der Waals surface area contributed by atoms with Crippen LogP contribution in [0.1, 0.15) is 113 Å². The van der Waals surface area contributed by atoms with Gasteiger partial charge in [0.05, 0.1) is 18.6 Å². The van der Waals surface area contributed by atoms with E-state index in [1.54, 1.807) is 13.0 Å². The van der Waals surface area contributed by atoms with E-state index in [4.69, 9.17) is 4.74 Å². The van der Waals surface area contributed by atoms with Gasteiger partial charge in [0.1, 0.15) is 11.3 Å². The molecule has 42 heavy (non-hydrogen) atoms. The lowest BCUT2D eigenvalue weighted by molar-refractivity contribution is -0.703. The number of hydrogen-bond donors (Lipinski definition) is 1. The second-order valence-electron chi connectivity index (χ2n) is 11.5. The number of carbonyl (C=O) groups is 2. The number of ketones is 1. The first-order valence-electron chi connectivity index (χ1n) is 15.9. The fourth-order valence-corrected chi connectivity index (χ4v) is 5.56. The number of benzene rings is 1. The number of nitrogens with zero attached hydrogens (tertiary/aromatic N) is 1. The van der Waals surface area contributed by atoms with Gasteiger partial charge in [0, 0.05) is 17.7 Å². The minimum absolute atomic E-state index is 0. The Hall–Kier alpha value is -2.73. The van der Waals surface area contributed by atoms with Gasteiger partial charge in [0.15, 0.2) is 24.7 Å². The van der Waals surface area contributed by atoms with E-state index in [9.17, 15) is 9.59 Å². The van der Waals surface area contributed by atoms with Crippen molar-refractivity contribution >= 4 is 11.7 Å². The van der Waals surface area contributed by atoms with Crippen molar-refractivity contribution in [3.8, 4) is 5.75 Å². The van der Waals surface area contributed by atoms with Gasteiger partial charge in [-0.15, -0.1) is 0 Å². The average Bonchev–Trinajstić information content (AvgIpc) is 2.96. The van der Waals surface area contributed by atoms with Gasteiger partial charge in [0.25, 0.3) is 0 Å². The lowest BCUT2D eigenvalue weighted by Gasteiger charge is -2.29. The molecule has 230 valence electrons. The van der Waals surface area contributed by atoms with Crippen molar-refractivity contribution in [3.63, 3.8) is 0 Å². The number of rotatable bonds is 20. The van der Waals surface area contributed by atoms with Gasteiger partial charge in [-0.05, 0) is 25.8 Å². The van der Waals surface area contributed by atoms with E-state index in [2.05, 4.69) is 29.0 Å². The van der Waals surface area contributed by atoms with Crippen molar-refractivity contribution in [3.05, 3.63) is 84.2 Å². The summed E-state index contributed by atoms with van der Waals surface area (Å²) in [6.45, 7) is 5.01. The van der Waals surface area contributed by atoms with Gasteiger partial charge in [-0.25, -0.2) is 4.57 Å². The molecule has 1 N–H and O–H groups in total. The van der Waals surface area contributed by atoms with E-state index in [0.717, 1.165) is 18.4 Å². The fourth-order valence-electron chi connectivity index (χ4n) is 5.56. The molecule has 1 unspecified atom stereocenters. The van der Waals surface area contributed by atoms with E-state index in [-0.39, 0.29) is 35.1 Å². The standard InChI is InChI=1S/C36H50N2O3.BrH/c1-3-4-5-6-7-8-9-10-11-12-13-20-28-41-35-32(22-21-23-33(35)31(2)39)29-34(40)37-36(24-16-14-17-25-36)30-38-26-18-15-19-27-38;/h14-19,21-24,26-27H,3-13,20,25,28-30H2,1-2H3;1H. The fraction of sp³-hybridized carbons (Fsp3) is 0.528. The normalized spacial score (nSPS) is 15.7. The van der Waals surface area contributed by atoms with Gasteiger partial charge in [-0.1, -0.05) is 120 Å². The Morgan fingerprint density at radius 2 is 1.50 bits per heavy atom. The molecule has 0 saturated heterocycles. The van der Waals surface area contributed by atoms with Crippen LogP contribution in [0, 0.1) is 0 Å². The SMILES string of the molecule is CCCCCCCCCCCCCCOc1c(CC(=O)NC2(C[n+]3ccccc3)C=CC=CC2)cccc1C(C)=O.[Br-]. The third-order valence-corrected chi connectivity index (χ3v) is 7.85. The molecule has 1 aliphatic rings. The molecular weight excluding hydrogens is 588 g/mol. The largest absolute Gasteiger partial charge is 1.00 e. The Morgan fingerprint density at radius 3 is 2.10 bits per heavy atom.